The fraction of sp³-hybridized carbons (Fsp3) is 0.333. The van der Waals surface area contributed by atoms with E-state index in [2.05, 4.69) is 41.2 Å². The van der Waals surface area contributed by atoms with Gasteiger partial charge in [0, 0.05) is 23.9 Å². The minimum absolute atomic E-state index is 0.152. The zero-order valence-electron chi connectivity index (χ0n) is 14.4. The Bertz CT molecular complexity index is 821. The van der Waals surface area contributed by atoms with E-state index in [-0.39, 0.29) is 5.41 Å². The zero-order valence-corrected chi connectivity index (χ0v) is 14.4. The monoisotopic (exact) mass is 323 g/mol. The van der Waals surface area contributed by atoms with Gasteiger partial charge in [0.1, 0.15) is 0 Å². The summed E-state index contributed by atoms with van der Waals surface area (Å²) in [6, 6.07) is 7.71. The fourth-order valence-electron chi connectivity index (χ4n) is 2.38. The highest BCUT2D eigenvalue weighted by Crippen LogP contribution is 2.32. The molecule has 6 heteroatoms. The van der Waals surface area contributed by atoms with Gasteiger partial charge in [0.25, 0.3) is 0 Å². The van der Waals surface area contributed by atoms with E-state index in [0.717, 1.165) is 22.6 Å². The Hall–Kier alpha value is -2.76. The molecule has 0 aliphatic carbocycles. The second-order valence-electron chi connectivity index (χ2n) is 6.71. The number of hydrogen-bond acceptors (Lipinski definition) is 6. The molecule has 0 saturated heterocycles. The van der Waals surface area contributed by atoms with Crippen molar-refractivity contribution in [1.29, 1.82) is 0 Å². The third-order valence-corrected chi connectivity index (χ3v) is 3.55. The van der Waals surface area contributed by atoms with Gasteiger partial charge in [-0.3, -0.25) is 4.98 Å². The highest BCUT2D eigenvalue weighted by atomic mass is 16.5. The summed E-state index contributed by atoms with van der Waals surface area (Å²) in [4.78, 5) is 13.4. The van der Waals surface area contributed by atoms with Crippen LogP contribution in [0.1, 0.15) is 37.9 Å². The Labute approximate surface area is 141 Å². The van der Waals surface area contributed by atoms with E-state index in [1.807, 2.05) is 31.2 Å². The van der Waals surface area contributed by atoms with E-state index < -0.39 is 0 Å². The lowest BCUT2D eigenvalue weighted by Gasteiger charge is -2.21. The van der Waals surface area contributed by atoms with Gasteiger partial charge in [0.2, 0.25) is 5.95 Å². The second-order valence-corrected chi connectivity index (χ2v) is 6.71. The van der Waals surface area contributed by atoms with Crippen LogP contribution in [0.15, 0.2) is 41.2 Å². The summed E-state index contributed by atoms with van der Waals surface area (Å²) in [5.74, 6) is 1.26. The van der Waals surface area contributed by atoms with Crippen LogP contribution in [0.3, 0.4) is 0 Å². The zero-order chi connectivity index (χ0) is 17.2. The molecule has 0 aliphatic rings. The molecule has 0 unspecified atom stereocenters. The van der Waals surface area contributed by atoms with Gasteiger partial charge in [0.15, 0.2) is 5.76 Å². The maximum absolute atomic E-state index is 5.39. The number of rotatable bonds is 4. The summed E-state index contributed by atoms with van der Waals surface area (Å²) in [5.41, 5.74) is 3.40. The van der Waals surface area contributed by atoms with Crippen LogP contribution in [0, 0.1) is 6.92 Å². The summed E-state index contributed by atoms with van der Waals surface area (Å²) in [5, 5.41) is 7.19. The predicted molar refractivity (Wildman–Crippen MR) is 92.5 cm³/mol. The number of aryl methyl sites for hydroxylation is 1. The molecule has 0 saturated carbocycles. The largest absolute Gasteiger partial charge is 0.356 e. The first-order chi connectivity index (χ1) is 11.4. The lowest BCUT2D eigenvalue weighted by atomic mass is 9.88. The maximum atomic E-state index is 5.39. The number of aromatic nitrogens is 4. The average molecular weight is 323 g/mol. The Morgan fingerprint density at radius 2 is 2.00 bits per heavy atom. The minimum atomic E-state index is -0.152. The van der Waals surface area contributed by atoms with Crippen molar-refractivity contribution in [2.24, 2.45) is 0 Å². The molecule has 0 atom stereocenters. The van der Waals surface area contributed by atoms with Crippen molar-refractivity contribution in [3.63, 3.8) is 0 Å². The number of nitrogens with zero attached hydrogens (tertiary/aromatic N) is 4. The van der Waals surface area contributed by atoms with E-state index in [1.54, 1.807) is 12.4 Å². The smallest absolute Gasteiger partial charge is 0.223 e. The molecular formula is C18H21N5O. The van der Waals surface area contributed by atoms with E-state index in [0.29, 0.717) is 18.3 Å². The van der Waals surface area contributed by atoms with Crippen LogP contribution in [0.5, 0.6) is 0 Å². The first kappa shape index (κ1) is 16.1. The van der Waals surface area contributed by atoms with Crippen LogP contribution in [0.4, 0.5) is 5.95 Å². The minimum Gasteiger partial charge on any atom is -0.356 e. The van der Waals surface area contributed by atoms with E-state index in [4.69, 9.17) is 9.51 Å². The number of nitrogens with one attached hydrogen (secondary N) is 1. The summed E-state index contributed by atoms with van der Waals surface area (Å²) in [6.07, 6.45) is 3.56. The van der Waals surface area contributed by atoms with Crippen molar-refractivity contribution in [3.8, 4) is 11.3 Å². The topological polar surface area (TPSA) is 76.7 Å². The first-order valence-electron chi connectivity index (χ1n) is 7.88. The Morgan fingerprint density at radius 1 is 1.17 bits per heavy atom. The molecule has 3 aromatic rings. The Kier molecular flexibility index (Phi) is 4.29. The summed E-state index contributed by atoms with van der Waals surface area (Å²) in [6.45, 7) is 8.82. The molecular weight excluding hydrogens is 302 g/mol. The van der Waals surface area contributed by atoms with Gasteiger partial charge in [-0.15, -0.1) is 0 Å². The molecule has 3 rings (SSSR count). The predicted octanol–water partition coefficient (Wildman–Crippen LogP) is 3.74. The standard InChI is InChI=1S/C18H21N5O/c1-12-9-15(24-23-12)14-11-21-17(22-16(14)18(2,3)4)20-10-13-7-5-6-8-19-13/h5-9,11H,10H2,1-4H3,(H,20,21,22). The van der Waals surface area contributed by atoms with Crippen LogP contribution >= 0.6 is 0 Å². The number of anilines is 1. The third-order valence-electron chi connectivity index (χ3n) is 3.55. The average Bonchev–Trinajstić information content (AvgIpc) is 2.99. The van der Waals surface area contributed by atoms with E-state index in [1.165, 1.54) is 0 Å². The van der Waals surface area contributed by atoms with Crippen LogP contribution in [0.2, 0.25) is 0 Å². The third kappa shape index (κ3) is 3.59. The van der Waals surface area contributed by atoms with Crippen molar-refractivity contribution >= 4 is 5.95 Å². The van der Waals surface area contributed by atoms with E-state index in [9.17, 15) is 0 Å². The van der Waals surface area contributed by atoms with Gasteiger partial charge in [-0.25, -0.2) is 9.97 Å². The van der Waals surface area contributed by atoms with Gasteiger partial charge in [-0.05, 0) is 19.1 Å². The molecule has 0 spiro atoms. The lowest BCUT2D eigenvalue weighted by Crippen LogP contribution is -2.17. The lowest BCUT2D eigenvalue weighted by molar-refractivity contribution is 0.425. The van der Waals surface area contributed by atoms with Gasteiger partial charge in [-0.1, -0.05) is 32.0 Å². The summed E-state index contributed by atoms with van der Waals surface area (Å²) in [7, 11) is 0. The van der Waals surface area contributed by atoms with Crippen molar-refractivity contribution < 1.29 is 4.52 Å². The molecule has 24 heavy (non-hydrogen) atoms. The van der Waals surface area contributed by atoms with Crippen LogP contribution < -0.4 is 5.32 Å². The van der Waals surface area contributed by atoms with Crippen LogP contribution in [0.25, 0.3) is 11.3 Å². The normalized spacial score (nSPS) is 11.5. The van der Waals surface area contributed by atoms with Gasteiger partial charge in [-0.2, -0.15) is 0 Å². The quantitative estimate of drug-likeness (QED) is 0.788. The van der Waals surface area contributed by atoms with Crippen molar-refractivity contribution in [2.45, 2.75) is 39.7 Å². The molecule has 0 bridgehead atoms. The van der Waals surface area contributed by atoms with Crippen molar-refractivity contribution in [2.75, 3.05) is 5.32 Å². The Balaban J connectivity index is 1.90. The maximum Gasteiger partial charge on any atom is 0.223 e. The SMILES string of the molecule is Cc1cc(-c2cnc(NCc3ccccn3)nc2C(C)(C)C)on1. The van der Waals surface area contributed by atoms with Gasteiger partial charge in [0.05, 0.1) is 29.2 Å². The molecule has 0 fully saturated rings. The molecule has 6 nitrogen and oxygen atoms in total. The van der Waals surface area contributed by atoms with Crippen molar-refractivity contribution in [3.05, 3.63) is 53.7 Å². The molecule has 3 aromatic heterocycles. The molecule has 0 aromatic carbocycles. The highest BCUT2D eigenvalue weighted by Gasteiger charge is 2.24. The summed E-state index contributed by atoms with van der Waals surface area (Å²) >= 11 is 0. The molecule has 124 valence electrons. The molecule has 0 radical (unpaired) electrons. The fourth-order valence-corrected chi connectivity index (χ4v) is 2.38. The molecule has 1 N–H and O–H groups in total. The van der Waals surface area contributed by atoms with Gasteiger partial charge >= 0.3 is 0 Å². The molecule has 0 aliphatic heterocycles. The molecule has 3 heterocycles. The molecule has 0 amide bonds. The Morgan fingerprint density at radius 3 is 2.62 bits per heavy atom. The van der Waals surface area contributed by atoms with Crippen LogP contribution in [-0.2, 0) is 12.0 Å². The van der Waals surface area contributed by atoms with Gasteiger partial charge < -0.3 is 9.84 Å². The van der Waals surface area contributed by atoms with E-state index >= 15 is 0 Å². The first-order valence-corrected chi connectivity index (χ1v) is 7.88. The number of hydrogen-bond donors (Lipinski definition) is 1. The highest BCUT2D eigenvalue weighted by molar-refractivity contribution is 5.62. The summed E-state index contributed by atoms with van der Waals surface area (Å²) < 4.78 is 5.39. The van der Waals surface area contributed by atoms with Crippen molar-refractivity contribution in [1.82, 2.24) is 20.1 Å². The van der Waals surface area contributed by atoms with Crippen LogP contribution in [-0.4, -0.2) is 20.1 Å². The second kappa shape index (κ2) is 6.39. The number of pyridine rings is 1.